The standard InChI is InChI=1S/C25H27BrN2O4S/c1-5-32-24(30)22-21(18-10-11-19(26)33-18)20-16(12-25(2,3)13-17(20)29)28(23(22)27)14-6-8-15(31-4)9-7-14/h6-11,21-22,27H,5,12-13H2,1-4H3. The predicted octanol–water partition coefficient (Wildman–Crippen LogP) is 5.92. The van der Waals surface area contributed by atoms with Crippen molar-refractivity contribution in [1.29, 1.82) is 5.41 Å². The molecule has 0 bridgehead atoms. The normalized spacial score (nSPS) is 22.3. The van der Waals surface area contributed by atoms with Crippen LogP contribution in [-0.4, -0.2) is 31.3 Å². The lowest BCUT2D eigenvalue weighted by atomic mass is 9.67. The second kappa shape index (κ2) is 9.06. The van der Waals surface area contributed by atoms with Gasteiger partial charge in [-0.2, -0.15) is 0 Å². The lowest BCUT2D eigenvalue weighted by Gasteiger charge is -2.46. The van der Waals surface area contributed by atoms with E-state index in [2.05, 4.69) is 29.8 Å². The molecule has 0 saturated heterocycles. The van der Waals surface area contributed by atoms with E-state index in [1.165, 1.54) is 11.3 Å². The van der Waals surface area contributed by atoms with Crippen molar-refractivity contribution in [1.82, 2.24) is 0 Å². The molecule has 1 aromatic heterocycles. The minimum atomic E-state index is -0.915. The molecule has 2 aliphatic rings. The zero-order valence-electron chi connectivity index (χ0n) is 19.1. The summed E-state index contributed by atoms with van der Waals surface area (Å²) in [5, 5.41) is 9.19. The zero-order chi connectivity index (χ0) is 23.9. The van der Waals surface area contributed by atoms with Gasteiger partial charge in [-0.25, -0.2) is 0 Å². The van der Waals surface area contributed by atoms with Crippen LogP contribution in [0.5, 0.6) is 5.75 Å². The summed E-state index contributed by atoms with van der Waals surface area (Å²) in [4.78, 5) is 29.5. The number of methoxy groups -OCH3 is 1. The molecule has 0 radical (unpaired) electrons. The smallest absolute Gasteiger partial charge is 0.317 e. The number of thiophene rings is 1. The molecule has 0 spiro atoms. The number of allylic oxidation sites excluding steroid dienone is 2. The van der Waals surface area contributed by atoms with Crippen LogP contribution < -0.4 is 9.64 Å². The lowest BCUT2D eigenvalue weighted by molar-refractivity contribution is -0.146. The number of halogens is 1. The van der Waals surface area contributed by atoms with Crippen LogP contribution in [0, 0.1) is 16.7 Å². The van der Waals surface area contributed by atoms with E-state index in [0.717, 1.165) is 20.0 Å². The fourth-order valence-corrected chi connectivity index (χ4v) is 6.34. The molecule has 8 heteroatoms. The number of Topliss-reactive ketones (excluding diaryl/α,β-unsaturated/α-hetero) is 1. The van der Waals surface area contributed by atoms with Gasteiger partial charge in [0.1, 0.15) is 17.5 Å². The van der Waals surface area contributed by atoms with E-state index in [1.54, 1.807) is 18.9 Å². The molecule has 1 aliphatic heterocycles. The molecular formula is C25H27BrN2O4S. The highest BCUT2D eigenvalue weighted by molar-refractivity contribution is 9.11. The maximum atomic E-state index is 13.6. The van der Waals surface area contributed by atoms with Crippen LogP contribution in [0.1, 0.15) is 44.4 Å². The molecule has 0 saturated carbocycles. The maximum absolute atomic E-state index is 13.6. The highest BCUT2D eigenvalue weighted by Crippen LogP contribution is 2.51. The second-order valence-electron chi connectivity index (χ2n) is 9.07. The van der Waals surface area contributed by atoms with Crippen molar-refractivity contribution < 1.29 is 19.1 Å². The van der Waals surface area contributed by atoms with Gasteiger partial charge in [-0.1, -0.05) is 13.8 Å². The zero-order valence-corrected chi connectivity index (χ0v) is 21.5. The van der Waals surface area contributed by atoms with E-state index in [1.807, 2.05) is 36.4 Å². The van der Waals surface area contributed by atoms with Gasteiger partial charge in [-0.15, -0.1) is 11.3 Å². The molecule has 2 atom stereocenters. The molecule has 6 nitrogen and oxygen atoms in total. The second-order valence-corrected chi connectivity index (χ2v) is 11.6. The quantitative estimate of drug-likeness (QED) is 0.485. The molecular weight excluding hydrogens is 504 g/mol. The summed E-state index contributed by atoms with van der Waals surface area (Å²) < 4.78 is 11.6. The number of nitrogens with one attached hydrogen (secondary N) is 1. The summed E-state index contributed by atoms with van der Waals surface area (Å²) in [6, 6.07) is 11.2. The van der Waals surface area contributed by atoms with Gasteiger partial charge in [0.25, 0.3) is 0 Å². The van der Waals surface area contributed by atoms with Gasteiger partial charge < -0.3 is 14.4 Å². The Kier molecular flexibility index (Phi) is 6.51. The monoisotopic (exact) mass is 530 g/mol. The Morgan fingerprint density at radius 2 is 1.91 bits per heavy atom. The van der Waals surface area contributed by atoms with Gasteiger partial charge in [-0.05, 0) is 71.1 Å². The summed E-state index contributed by atoms with van der Waals surface area (Å²) in [7, 11) is 1.60. The third-order valence-electron chi connectivity index (χ3n) is 6.12. The van der Waals surface area contributed by atoms with E-state index in [4.69, 9.17) is 9.47 Å². The van der Waals surface area contributed by atoms with Crippen LogP contribution in [-0.2, 0) is 14.3 Å². The number of hydrogen-bond donors (Lipinski definition) is 1. The van der Waals surface area contributed by atoms with Crippen LogP contribution in [0.15, 0.2) is 51.5 Å². The molecule has 2 heterocycles. The largest absolute Gasteiger partial charge is 0.497 e. The number of ketones is 1. The SMILES string of the molecule is CCOC(=O)C1C(=N)N(c2ccc(OC)cc2)C2=C(C(=O)CC(C)(C)C2)C1c1ccc(Br)s1. The van der Waals surface area contributed by atoms with Gasteiger partial charge in [0, 0.05) is 34.2 Å². The summed E-state index contributed by atoms with van der Waals surface area (Å²) in [5.74, 6) is -1.10. The van der Waals surface area contributed by atoms with Gasteiger partial charge in [0.2, 0.25) is 0 Å². The third-order valence-corrected chi connectivity index (χ3v) is 7.82. The molecule has 33 heavy (non-hydrogen) atoms. The molecule has 1 aromatic carbocycles. The maximum Gasteiger partial charge on any atom is 0.317 e. The van der Waals surface area contributed by atoms with Crippen molar-refractivity contribution in [3.63, 3.8) is 0 Å². The number of carbonyl (C=O) groups excluding carboxylic acids is 2. The van der Waals surface area contributed by atoms with E-state index in [9.17, 15) is 15.0 Å². The molecule has 1 aliphatic carbocycles. The topological polar surface area (TPSA) is 79.7 Å². The first kappa shape index (κ1) is 23.7. The Hall–Kier alpha value is -2.45. The van der Waals surface area contributed by atoms with E-state index >= 15 is 0 Å². The fourth-order valence-electron chi connectivity index (χ4n) is 4.77. The molecule has 2 unspecified atom stereocenters. The Balaban J connectivity index is 1.97. The van der Waals surface area contributed by atoms with Crippen molar-refractivity contribution in [3.05, 3.63) is 56.3 Å². The van der Waals surface area contributed by atoms with Gasteiger partial charge in [0.15, 0.2) is 5.78 Å². The number of ether oxygens (including phenoxy) is 2. The average Bonchev–Trinajstić information content (AvgIpc) is 3.18. The van der Waals surface area contributed by atoms with Crippen molar-refractivity contribution >= 4 is 50.5 Å². The van der Waals surface area contributed by atoms with Crippen molar-refractivity contribution in [3.8, 4) is 5.75 Å². The summed E-state index contributed by atoms with van der Waals surface area (Å²) in [6.07, 6.45) is 1.02. The first-order valence-electron chi connectivity index (χ1n) is 10.9. The Bertz CT molecular complexity index is 1140. The van der Waals surface area contributed by atoms with Gasteiger partial charge in [-0.3, -0.25) is 15.0 Å². The van der Waals surface area contributed by atoms with Crippen molar-refractivity contribution in [2.75, 3.05) is 18.6 Å². The van der Waals surface area contributed by atoms with Crippen LogP contribution in [0.2, 0.25) is 0 Å². The molecule has 2 aromatic rings. The van der Waals surface area contributed by atoms with E-state index in [-0.39, 0.29) is 23.6 Å². The highest BCUT2D eigenvalue weighted by atomic mass is 79.9. The average molecular weight is 531 g/mol. The van der Waals surface area contributed by atoms with Crippen LogP contribution >= 0.6 is 27.3 Å². The van der Waals surface area contributed by atoms with Crippen molar-refractivity contribution in [2.45, 2.75) is 39.5 Å². The highest BCUT2D eigenvalue weighted by Gasteiger charge is 2.51. The third kappa shape index (κ3) is 4.38. The molecule has 0 fully saturated rings. The predicted molar refractivity (Wildman–Crippen MR) is 133 cm³/mol. The van der Waals surface area contributed by atoms with Crippen LogP contribution in [0.4, 0.5) is 5.69 Å². The van der Waals surface area contributed by atoms with E-state index in [0.29, 0.717) is 24.2 Å². The Morgan fingerprint density at radius 1 is 1.21 bits per heavy atom. The fraction of sp³-hybridized carbons (Fsp3) is 0.400. The number of amidine groups is 1. The van der Waals surface area contributed by atoms with E-state index < -0.39 is 17.8 Å². The Morgan fingerprint density at radius 3 is 2.48 bits per heavy atom. The van der Waals surface area contributed by atoms with Crippen LogP contribution in [0.25, 0.3) is 0 Å². The first-order valence-corrected chi connectivity index (χ1v) is 12.5. The number of benzene rings is 1. The molecule has 0 amide bonds. The summed E-state index contributed by atoms with van der Waals surface area (Å²) in [5.41, 5.74) is 1.88. The molecule has 1 N–H and O–H groups in total. The summed E-state index contributed by atoms with van der Waals surface area (Å²) >= 11 is 5.00. The number of rotatable bonds is 5. The first-order chi connectivity index (χ1) is 15.7. The number of carbonyl (C=O) groups is 2. The van der Waals surface area contributed by atoms with Crippen molar-refractivity contribution in [2.24, 2.45) is 11.3 Å². The number of esters is 1. The molecule has 174 valence electrons. The molecule has 4 rings (SSSR count). The lowest BCUT2D eigenvalue weighted by Crippen LogP contribution is -2.50. The van der Waals surface area contributed by atoms with Gasteiger partial charge in [0.05, 0.1) is 17.5 Å². The van der Waals surface area contributed by atoms with Crippen LogP contribution in [0.3, 0.4) is 0 Å². The number of hydrogen-bond acceptors (Lipinski definition) is 6. The Labute approximate surface area is 206 Å². The van der Waals surface area contributed by atoms with Gasteiger partial charge >= 0.3 is 5.97 Å². The minimum Gasteiger partial charge on any atom is -0.497 e. The number of nitrogens with zero attached hydrogens (tertiary/aromatic N) is 1. The minimum absolute atomic E-state index is 0.0242. The summed E-state index contributed by atoms with van der Waals surface area (Å²) in [6.45, 7) is 6.09. The number of anilines is 1.